The van der Waals surface area contributed by atoms with Gasteiger partial charge >= 0.3 is 53.7 Å². The molecule has 0 aliphatic heterocycles. The molecule has 0 unspecified atom stereocenters. The van der Waals surface area contributed by atoms with Crippen molar-refractivity contribution in [3.8, 4) is 0 Å². The lowest BCUT2D eigenvalue weighted by Crippen LogP contribution is -2.73. The number of carbonyl (C=O) groups excluding carboxylic acids is 1. The van der Waals surface area contributed by atoms with E-state index in [2.05, 4.69) is 0 Å². The molecule has 32 heavy (non-hydrogen) atoms. The monoisotopic (exact) mass is 518 g/mol. The third-order valence-electron chi connectivity index (χ3n) is 3.53. The molecule has 2 nitrogen and oxygen atoms in total. The Morgan fingerprint density at radius 3 is 1.31 bits per heavy atom. The summed E-state index contributed by atoms with van der Waals surface area (Å²) in [7, 11) is 0. The van der Waals surface area contributed by atoms with Crippen LogP contribution < -0.4 is 0 Å². The second kappa shape index (κ2) is 8.42. The summed E-state index contributed by atoms with van der Waals surface area (Å²) in [5, 5.41) is 0. The summed E-state index contributed by atoms with van der Waals surface area (Å²) in [5.41, 5.74) is 0. The maximum Gasteiger partial charge on any atom is 0.473 e. The second-order valence-electron chi connectivity index (χ2n) is 5.81. The van der Waals surface area contributed by atoms with E-state index < -0.39 is 72.4 Å². The van der Waals surface area contributed by atoms with Crippen LogP contribution >= 0.6 is 0 Å². The molecular weight excluding hydrogens is 511 g/mol. The molecule has 0 amide bonds. The number of alkyl halides is 14. The fraction of sp³-hybridized carbons (Fsp3) is 0.769. The van der Waals surface area contributed by atoms with Crippen molar-refractivity contribution >= 4 is 5.97 Å². The van der Waals surface area contributed by atoms with Gasteiger partial charge in [-0.15, -0.1) is 0 Å². The zero-order valence-corrected chi connectivity index (χ0v) is 14.7. The van der Waals surface area contributed by atoms with E-state index in [-0.39, 0.29) is 0 Å². The summed E-state index contributed by atoms with van der Waals surface area (Å²) in [5.74, 6) is -54.6. The van der Waals surface area contributed by atoms with Crippen LogP contribution in [0.3, 0.4) is 0 Å². The molecule has 0 aliphatic carbocycles. The molecule has 19 heteroatoms. The van der Waals surface area contributed by atoms with Crippen LogP contribution in [0.1, 0.15) is 19.8 Å². The highest BCUT2D eigenvalue weighted by molar-refractivity contribution is 5.86. The zero-order valence-electron chi connectivity index (χ0n) is 14.7. The van der Waals surface area contributed by atoms with E-state index in [0.717, 1.165) is 0 Å². The van der Waals surface area contributed by atoms with E-state index in [1.807, 2.05) is 4.74 Å². The average molecular weight is 518 g/mol. The van der Waals surface area contributed by atoms with Gasteiger partial charge in [-0.3, -0.25) is 0 Å². The van der Waals surface area contributed by atoms with Crippen LogP contribution in [0.5, 0.6) is 0 Å². The number of hydrogen-bond acceptors (Lipinski definition) is 2. The van der Waals surface area contributed by atoms with E-state index in [4.69, 9.17) is 0 Å². The first-order chi connectivity index (χ1) is 13.8. The van der Waals surface area contributed by atoms with Gasteiger partial charge in [0.05, 0.1) is 0 Å². The molecule has 0 heterocycles. The van der Waals surface area contributed by atoms with E-state index >= 15 is 0 Å². The van der Waals surface area contributed by atoms with Crippen molar-refractivity contribution in [2.24, 2.45) is 0 Å². The minimum absolute atomic E-state index is 0.589. The Hall–Kier alpha value is -1.98. The van der Waals surface area contributed by atoms with Gasteiger partial charge in [-0.2, -0.15) is 74.6 Å². The predicted octanol–water partition coefficient (Wildman–Crippen LogP) is 6.81. The van der Waals surface area contributed by atoms with Gasteiger partial charge < -0.3 is 4.74 Å². The van der Waals surface area contributed by atoms with Gasteiger partial charge in [-0.1, -0.05) is 13.3 Å². The number of esters is 1. The molecule has 0 aromatic carbocycles. The van der Waals surface area contributed by atoms with Crippen molar-refractivity contribution in [1.82, 2.24) is 0 Å². The first-order valence-electron chi connectivity index (χ1n) is 7.39. The maximum atomic E-state index is 13.4. The van der Waals surface area contributed by atoms with E-state index in [0.29, 0.717) is 6.92 Å². The molecule has 0 saturated carbocycles. The van der Waals surface area contributed by atoms with E-state index in [1.54, 1.807) is 0 Å². The summed E-state index contributed by atoms with van der Waals surface area (Å²) in [6.45, 7) is 0.589. The Morgan fingerprint density at radius 2 is 0.969 bits per heavy atom. The fourth-order valence-electron chi connectivity index (χ4n) is 1.78. The SMILES string of the molecule is CCCC(F)(F)C(F)(F)C(F)(F)C(F)(F)C(F)(F)C(F)(F)C(F)(F)OC(=O)C(F)=C(F)F. The molecule has 0 rings (SSSR count). The van der Waals surface area contributed by atoms with Gasteiger partial charge in [-0.05, 0) is 0 Å². The van der Waals surface area contributed by atoms with Crippen molar-refractivity contribution in [3.63, 3.8) is 0 Å². The highest BCUT2D eigenvalue weighted by atomic mass is 19.4. The quantitative estimate of drug-likeness (QED) is 0.181. The zero-order chi connectivity index (χ0) is 26.4. The van der Waals surface area contributed by atoms with Gasteiger partial charge in [0.15, 0.2) is 0 Å². The minimum Gasteiger partial charge on any atom is -0.390 e. The fourth-order valence-corrected chi connectivity index (χ4v) is 1.78. The topological polar surface area (TPSA) is 26.3 Å². The van der Waals surface area contributed by atoms with Gasteiger partial charge in [0.1, 0.15) is 0 Å². The molecule has 0 aromatic rings. The molecule has 190 valence electrons. The molecular formula is C13H7F17O2. The van der Waals surface area contributed by atoms with Crippen molar-refractivity contribution < 1.29 is 84.2 Å². The summed E-state index contributed by atoms with van der Waals surface area (Å²) in [6.07, 6.45) is -15.0. The maximum absolute atomic E-state index is 13.4. The van der Waals surface area contributed by atoms with Crippen LogP contribution in [-0.4, -0.2) is 47.6 Å². The van der Waals surface area contributed by atoms with Crippen molar-refractivity contribution in [2.75, 3.05) is 0 Å². The van der Waals surface area contributed by atoms with Crippen LogP contribution in [-0.2, 0) is 9.53 Å². The van der Waals surface area contributed by atoms with Crippen LogP contribution in [0.15, 0.2) is 11.9 Å². The number of hydrogen-bond donors (Lipinski definition) is 0. The van der Waals surface area contributed by atoms with Gasteiger partial charge in [0, 0.05) is 6.42 Å². The smallest absolute Gasteiger partial charge is 0.390 e. The van der Waals surface area contributed by atoms with E-state index in [1.165, 1.54) is 0 Å². The summed E-state index contributed by atoms with van der Waals surface area (Å²) >= 11 is 0. The van der Waals surface area contributed by atoms with Crippen LogP contribution in [0, 0.1) is 0 Å². The molecule has 0 saturated heterocycles. The molecule has 0 atom stereocenters. The first-order valence-corrected chi connectivity index (χ1v) is 7.39. The van der Waals surface area contributed by atoms with Gasteiger partial charge in [0.2, 0.25) is 0 Å². The summed E-state index contributed by atoms with van der Waals surface area (Å²) < 4.78 is 224. The Labute approximate surface area is 165 Å². The van der Waals surface area contributed by atoms with Crippen molar-refractivity contribution in [1.29, 1.82) is 0 Å². The predicted molar refractivity (Wildman–Crippen MR) is 66.0 cm³/mol. The molecule has 0 spiro atoms. The molecule has 0 N–H and O–H groups in total. The number of ether oxygens (including phenoxy) is 1. The second-order valence-corrected chi connectivity index (χ2v) is 5.81. The molecule has 0 bridgehead atoms. The third-order valence-corrected chi connectivity index (χ3v) is 3.53. The molecule has 0 aromatic heterocycles. The molecule has 0 aliphatic rings. The number of halogens is 17. The minimum atomic E-state index is -8.44. The summed E-state index contributed by atoms with van der Waals surface area (Å²) in [4.78, 5) is 10.4. The normalized spacial score (nSPS) is 14.9. The van der Waals surface area contributed by atoms with Crippen LogP contribution in [0.4, 0.5) is 74.6 Å². The molecule has 0 radical (unpaired) electrons. The Balaban J connectivity index is 6.55. The third kappa shape index (κ3) is 4.29. The van der Waals surface area contributed by atoms with E-state index in [9.17, 15) is 79.4 Å². The molecule has 0 fully saturated rings. The highest BCUT2D eigenvalue weighted by Crippen LogP contribution is 2.62. The van der Waals surface area contributed by atoms with Gasteiger partial charge in [-0.25, -0.2) is 4.79 Å². The Morgan fingerprint density at radius 1 is 0.625 bits per heavy atom. The summed E-state index contributed by atoms with van der Waals surface area (Å²) in [6, 6.07) is 0. The lowest BCUT2D eigenvalue weighted by Gasteiger charge is -2.42. The lowest BCUT2D eigenvalue weighted by atomic mass is 9.89. The van der Waals surface area contributed by atoms with Gasteiger partial charge in [0.25, 0.3) is 5.83 Å². The van der Waals surface area contributed by atoms with Crippen molar-refractivity contribution in [2.45, 2.75) is 61.4 Å². The Bertz CT molecular complexity index is 735. The highest BCUT2D eigenvalue weighted by Gasteiger charge is 2.93. The standard InChI is InChI=1S/C13H7F17O2/c1-2-3-7(17,18)8(19,20)9(21,22)10(23,24)11(25,26)12(27,28)13(29,30)32-6(31)4(14)5(15)16/h2-3H2,1H3. The van der Waals surface area contributed by atoms with Crippen LogP contribution in [0.2, 0.25) is 0 Å². The number of rotatable bonds is 10. The van der Waals surface area contributed by atoms with Crippen LogP contribution in [0.25, 0.3) is 0 Å². The van der Waals surface area contributed by atoms with Crippen molar-refractivity contribution in [3.05, 3.63) is 11.9 Å². The largest absolute Gasteiger partial charge is 0.473 e. The first kappa shape index (κ1) is 30.0. The number of carbonyl (C=O) groups is 1. The Kier molecular flexibility index (Phi) is 7.90. The lowest BCUT2D eigenvalue weighted by molar-refractivity contribution is -0.461. The average Bonchev–Trinajstić information content (AvgIpc) is 2.59.